The van der Waals surface area contributed by atoms with Gasteiger partial charge in [0.2, 0.25) is 5.91 Å². The second-order valence-electron chi connectivity index (χ2n) is 5.84. The maximum absolute atomic E-state index is 12.1. The number of carbonyl (C=O) groups excluding carboxylic acids is 1. The number of fused-ring (bicyclic) bond motifs is 1. The molecule has 1 amide bonds. The van der Waals surface area contributed by atoms with Crippen molar-refractivity contribution in [2.24, 2.45) is 5.92 Å². The molecule has 3 rings (SSSR count). The molecule has 0 saturated heterocycles. The van der Waals surface area contributed by atoms with Gasteiger partial charge in [-0.05, 0) is 18.2 Å². The number of rotatable bonds is 3. The number of anilines is 1. The fourth-order valence-electron chi connectivity index (χ4n) is 2.43. The van der Waals surface area contributed by atoms with Crippen LogP contribution >= 0.6 is 11.6 Å². The first kappa shape index (κ1) is 16.0. The molecule has 0 atom stereocenters. The van der Waals surface area contributed by atoms with E-state index in [4.69, 9.17) is 11.6 Å². The molecule has 1 aromatic heterocycles. The van der Waals surface area contributed by atoms with Crippen LogP contribution in [-0.4, -0.2) is 24.1 Å². The maximum atomic E-state index is 12.1. The number of hydrogen-bond donors (Lipinski definition) is 1. The van der Waals surface area contributed by atoms with Crippen LogP contribution in [0.1, 0.15) is 25.1 Å². The predicted molar refractivity (Wildman–Crippen MR) is 88.4 cm³/mol. The first-order chi connectivity index (χ1) is 10.8. The first-order valence-electron chi connectivity index (χ1n) is 7.15. The van der Waals surface area contributed by atoms with E-state index in [1.165, 1.54) is 0 Å². The summed E-state index contributed by atoms with van der Waals surface area (Å²) in [6.45, 7) is 3.54. The molecule has 8 heteroatoms. The highest BCUT2D eigenvalue weighted by molar-refractivity contribution is 7.90. The minimum Gasteiger partial charge on any atom is -0.310 e. The Morgan fingerprint density at radius 3 is 2.74 bits per heavy atom. The van der Waals surface area contributed by atoms with Gasteiger partial charge in [-0.15, -0.1) is 0 Å². The Kier molecular flexibility index (Phi) is 3.93. The molecule has 0 radical (unpaired) electrons. The highest BCUT2D eigenvalue weighted by Crippen LogP contribution is 2.33. The second kappa shape index (κ2) is 5.65. The Morgan fingerprint density at radius 1 is 1.35 bits per heavy atom. The molecule has 122 valence electrons. The van der Waals surface area contributed by atoms with E-state index < -0.39 is 9.84 Å². The Hall–Kier alpha value is -1.86. The van der Waals surface area contributed by atoms with Crippen molar-refractivity contribution in [1.82, 2.24) is 9.78 Å². The van der Waals surface area contributed by atoms with E-state index in [0.717, 1.165) is 0 Å². The molecule has 2 aromatic rings. The number of nitrogens with one attached hydrogen (secondary N) is 1. The quantitative estimate of drug-likeness (QED) is 0.919. The lowest BCUT2D eigenvalue weighted by Gasteiger charge is -2.12. The molecule has 0 aliphatic carbocycles. The third kappa shape index (κ3) is 3.11. The largest absolute Gasteiger partial charge is 0.310 e. The van der Waals surface area contributed by atoms with Crippen LogP contribution in [0.25, 0.3) is 5.69 Å². The third-order valence-corrected chi connectivity index (χ3v) is 5.28. The van der Waals surface area contributed by atoms with Gasteiger partial charge < -0.3 is 5.32 Å². The first-order valence-corrected chi connectivity index (χ1v) is 9.35. The average molecular weight is 354 g/mol. The summed E-state index contributed by atoms with van der Waals surface area (Å²) in [5.41, 5.74) is 1.70. The van der Waals surface area contributed by atoms with Gasteiger partial charge in [-0.2, -0.15) is 5.10 Å². The number of amides is 1. The van der Waals surface area contributed by atoms with Gasteiger partial charge in [0.05, 0.1) is 22.9 Å². The van der Waals surface area contributed by atoms with E-state index in [1.54, 1.807) is 42.8 Å². The van der Waals surface area contributed by atoms with Crippen molar-refractivity contribution >= 4 is 33.2 Å². The minimum absolute atomic E-state index is 0.111. The summed E-state index contributed by atoms with van der Waals surface area (Å²) in [6, 6.07) is 7.02. The molecule has 0 unspecified atom stereocenters. The van der Waals surface area contributed by atoms with Crippen LogP contribution in [-0.2, 0) is 26.1 Å². The van der Waals surface area contributed by atoms with Gasteiger partial charge in [-0.1, -0.05) is 31.5 Å². The Labute approximate surface area is 139 Å². The smallest absolute Gasteiger partial charge is 0.228 e. The summed E-state index contributed by atoms with van der Waals surface area (Å²) in [5.74, 6) is -0.245. The number of halogens is 1. The van der Waals surface area contributed by atoms with Crippen molar-refractivity contribution < 1.29 is 13.2 Å². The molecule has 0 fully saturated rings. The zero-order chi connectivity index (χ0) is 16.8. The van der Waals surface area contributed by atoms with Gasteiger partial charge in [0.25, 0.3) is 0 Å². The molecular formula is C15H16ClN3O3S. The lowest BCUT2D eigenvalue weighted by Crippen LogP contribution is -2.21. The van der Waals surface area contributed by atoms with Crippen molar-refractivity contribution in [2.75, 3.05) is 5.32 Å². The molecule has 23 heavy (non-hydrogen) atoms. The monoisotopic (exact) mass is 353 g/mol. The summed E-state index contributed by atoms with van der Waals surface area (Å²) >= 11 is 6.02. The van der Waals surface area contributed by atoms with Crippen molar-refractivity contribution in [3.63, 3.8) is 0 Å². The summed E-state index contributed by atoms with van der Waals surface area (Å²) in [6.07, 6.45) is 0. The van der Waals surface area contributed by atoms with E-state index in [-0.39, 0.29) is 23.3 Å². The Balaban J connectivity index is 2.12. The maximum Gasteiger partial charge on any atom is 0.228 e. The van der Waals surface area contributed by atoms with E-state index in [1.807, 2.05) is 0 Å². The molecule has 0 bridgehead atoms. The predicted octanol–water partition coefficient (Wildman–Crippen LogP) is 2.55. The average Bonchev–Trinajstić information content (AvgIpc) is 2.92. The summed E-state index contributed by atoms with van der Waals surface area (Å²) in [7, 11) is -3.20. The van der Waals surface area contributed by atoms with Crippen molar-refractivity contribution in [3.8, 4) is 5.69 Å². The normalized spacial score (nSPS) is 15.7. The molecule has 0 spiro atoms. The van der Waals surface area contributed by atoms with Gasteiger partial charge in [0.1, 0.15) is 5.82 Å². The molecular weight excluding hydrogens is 338 g/mol. The number of aromatic nitrogens is 2. The van der Waals surface area contributed by atoms with Crippen molar-refractivity contribution in [2.45, 2.75) is 25.4 Å². The van der Waals surface area contributed by atoms with Crippen molar-refractivity contribution in [1.29, 1.82) is 0 Å². The minimum atomic E-state index is -3.20. The molecule has 1 N–H and O–H groups in total. The van der Waals surface area contributed by atoms with E-state index in [9.17, 15) is 13.2 Å². The van der Waals surface area contributed by atoms with E-state index in [0.29, 0.717) is 27.8 Å². The van der Waals surface area contributed by atoms with Gasteiger partial charge in [0.15, 0.2) is 9.84 Å². The van der Waals surface area contributed by atoms with Crippen LogP contribution < -0.4 is 5.32 Å². The highest BCUT2D eigenvalue weighted by atomic mass is 35.5. The van der Waals surface area contributed by atoms with Gasteiger partial charge in [0, 0.05) is 16.5 Å². The lowest BCUT2D eigenvalue weighted by molar-refractivity contribution is -0.118. The van der Waals surface area contributed by atoms with E-state index >= 15 is 0 Å². The number of nitrogens with zero attached hydrogens (tertiary/aromatic N) is 2. The van der Waals surface area contributed by atoms with Gasteiger partial charge in [-0.25, -0.2) is 13.1 Å². The standard InChI is InChI=1S/C15H16ClN3O3S/c1-9(2)15(20)17-14-12-7-23(21,22)8-13(12)18-19(14)11-5-3-4-10(16)6-11/h3-6,9H,7-8H2,1-2H3,(H,17,20). The van der Waals surface area contributed by atoms with Crippen LogP contribution in [0.3, 0.4) is 0 Å². The summed E-state index contributed by atoms with van der Waals surface area (Å²) in [4.78, 5) is 12.1. The molecule has 2 heterocycles. The van der Waals surface area contributed by atoms with Crippen LogP contribution in [0.4, 0.5) is 5.82 Å². The molecule has 6 nitrogen and oxygen atoms in total. The summed E-state index contributed by atoms with van der Waals surface area (Å²) < 4.78 is 25.2. The van der Waals surface area contributed by atoms with Crippen LogP contribution in [0, 0.1) is 5.92 Å². The zero-order valence-electron chi connectivity index (χ0n) is 12.7. The van der Waals surface area contributed by atoms with Crippen LogP contribution in [0.5, 0.6) is 0 Å². The van der Waals surface area contributed by atoms with Gasteiger partial charge in [-0.3, -0.25) is 4.79 Å². The van der Waals surface area contributed by atoms with Crippen LogP contribution in [0.2, 0.25) is 5.02 Å². The molecule has 1 aliphatic heterocycles. The lowest BCUT2D eigenvalue weighted by atomic mass is 10.2. The SMILES string of the molecule is CC(C)C(=O)Nc1c2c(nn1-c1cccc(Cl)c1)CS(=O)(=O)C2. The second-order valence-corrected chi connectivity index (χ2v) is 8.34. The fraction of sp³-hybridized carbons (Fsp3) is 0.333. The van der Waals surface area contributed by atoms with E-state index in [2.05, 4.69) is 10.4 Å². The molecule has 1 aromatic carbocycles. The van der Waals surface area contributed by atoms with Gasteiger partial charge >= 0.3 is 0 Å². The topological polar surface area (TPSA) is 81.1 Å². The molecule has 0 saturated carbocycles. The highest BCUT2D eigenvalue weighted by Gasteiger charge is 2.33. The number of carbonyl (C=O) groups is 1. The van der Waals surface area contributed by atoms with Crippen LogP contribution in [0.15, 0.2) is 24.3 Å². The van der Waals surface area contributed by atoms with Crippen molar-refractivity contribution in [3.05, 3.63) is 40.5 Å². The number of hydrogen-bond acceptors (Lipinski definition) is 4. The molecule has 1 aliphatic rings. The zero-order valence-corrected chi connectivity index (χ0v) is 14.3. The fourth-order valence-corrected chi connectivity index (χ4v) is 4.10. The number of benzene rings is 1. The Bertz CT molecular complexity index is 887. The summed E-state index contributed by atoms with van der Waals surface area (Å²) in [5, 5.41) is 7.71. The third-order valence-electron chi connectivity index (χ3n) is 3.61. The Morgan fingerprint density at radius 2 is 2.09 bits per heavy atom. The number of sulfone groups is 1.